The number of methoxy groups -OCH3 is 1. The van der Waals surface area contributed by atoms with Gasteiger partial charge in [-0.3, -0.25) is 14.7 Å². The van der Waals surface area contributed by atoms with E-state index in [2.05, 4.69) is 19.9 Å². The highest BCUT2D eigenvalue weighted by Gasteiger charge is 2.27. The molecule has 3 heterocycles. The minimum Gasteiger partial charge on any atom is -0.467 e. The summed E-state index contributed by atoms with van der Waals surface area (Å²) in [6.07, 6.45) is 7.15. The lowest BCUT2D eigenvalue weighted by molar-refractivity contribution is 0.0806. The number of ketones is 1. The third-order valence-electron chi connectivity index (χ3n) is 4.06. The minimum atomic E-state index is 0.0119. The predicted octanol–water partition coefficient (Wildman–Crippen LogP) is 1.98. The first kappa shape index (κ1) is 15.6. The van der Waals surface area contributed by atoms with E-state index in [0.717, 1.165) is 38.0 Å². The second-order valence-corrected chi connectivity index (χ2v) is 5.73. The number of aromatic nitrogens is 3. The van der Waals surface area contributed by atoms with Gasteiger partial charge in [-0.25, -0.2) is 9.97 Å². The maximum Gasteiger partial charge on any atom is 0.316 e. The van der Waals surface area contributed by atoms with Crippen LogP contribution in [0, 0.1) is 5.92 Å². The van der Waals surface area contributed by atoms with Crippen LogP contribution in [0.2, 0.25) is 0 Å². The van der Waals surface area contributed by atoms with Gasteiger partial charge in [-0.15, -0.1) is 0 Å². The molecule has 3 rings (SSSR count). The zero-order valence-electron chi connectivity index (χ0n) is 13.2. The Morgan fingerprint density at radius 3 is 2.83 bits per heavy atom. The summed E-state index contributed by atoms with van der Waals surface area (Å²) >= 11 is 0. The summed E-state index contributed by atoms with van der Waals surface area (Å²) < 4.78 is 4.97. The molecular formula is C17H20N4O2. The maximum absolute atomic E-state index is 12.6. The number of hydrogen-bond acceptors (Lipinski definition) is 6. The van der Waals surface area contributed by atoms with Crippen molar-refractivity contribution in [2.24, 2.45) is 5.92 Å². The van der Waals surface area contributed by atoms with Gasteiger partial charge in [0.1, 0.15) is 5.69 Å². The standard InChI is InChI=1S/C17H20N4O2/c1-23-17-19-9-13(10-20-17)11-21-8-4-5-14(12-21)16(22)15-6-2-3-7-18-15/h2-3,6-7,9-10,14H,4-5,8,11-12H2,1H3. The van der Waals surface area contributed by atoms with E-state index in [4.69, 9.17) is 4.74 Å². The SMILES string of the molecule is COc1ncc(CN2CCCC(C(=O)c3ccccn3)C2)cn1. The third-order valence-corrected chi connectivity index (χ3v) is 4.06. The van der Waals surface area contributed by atoms with Gasteiger partial charge in [0.15, 0.2) is 5.78 Å². The van der Waals surface area contributed by atoms with Gasteiger partial charge in [0.25, 0.3) is 0 Å². The average molecular weight is 312 g/mol. The molecule has 120 valence electrons. The summed E-state index contributed by atoms with van der Waals surface area (Å²) in [5.41, 5.74) is 1.59. The topological polar surface area (TPSA) is 68.2 Å². The van der Waals surface area contributed by atoms with Crippen molar-refractivity contribution in [1.29, 1.82) is 0 Å². The molecule has 1 aliphatic rings. The summed E-state index contributed by atoms with van der Waals surface area (Å²) in [5.74, 6) is 0.152. The van der Waals surface area contributed by atoms with Crippen LogP contribution in [-0.4, -0.2) is 45.8 Å². The number of ether oxygens (including phenoxy) is 1. The van der Waals surface area contributed by atoms with Gasteiger partial charge < -0.3 is 4.74 Å². The molecule has 0 amide bonds. The van der Waals surface area contributed by atoms with Crippen LogP contribution in [0.15, 0.2) is 36.8 Å². The Morgan fingerprint density at radius 1 is 1.30 bits per heavy atom. The number of piperidine rings is 1. The molecule has 0 aromatic carbocycles. The normalized spacial score (nSPS) is 18.6. The van der Waals surface area contributed by atoms with Crippen LogP contribution in [0.1, 0.15) is 28.9 Å². The van der Waals surface area contributed by atoms with Crippen LogP contribution in [0.3, 0.4) is 0 Å². The van der Waals surface area contributed by atoms with Crippen molar-refractivity contribution in [1.82, 2.24) is 19.9 Å². The molecule has 0 spiro atoms. The molecule has 23 heavy (non-hydrogen) atoms. The molecule has 6 heteroatoms. The van der Waals surface area contributed by atoms with Gasteiger partial charge in [0.05, 0.1) is 7.11 Å². The van der Waals surface area contributed by atoms with Crippen LogP contribution in [0.25, 0.3) is 0 Å². The molecule has 0 bridgehead atoms. The number of nitrogens with zero attached hydrogens (tertiary/aromatic N) is 4. The zero-order chi connectivity index (χ0) is 16.1. The molecule has 0 radical (unpaired) electrons. The van der Waals surface area contributed by atoms with E-state index in [0.29, 0.717) is 11.7 Å². The summed E-state index contributed by atoms with van der Waals surface area (Å²) in [4.78, 5) is 27.3. The Bertz CT molecular complexity index is 645. The van der Waals surface area contributed by atoms with Crippen LogP contribution in [-0.2, 0) is 6.54 Å². The van der Waals surface area contributed by atoms with E-state index in [9.17, 15) is 4.79 Å². The summed E-state index contributed by atoms with van der Waals surface area (Å²) in [6.45, 7) is 2.48. The summed E-state index contributed by atoms with van der Waals surface area (Å²) in [7, 11) is 1.55. The van der Waals surface area contributed by atoms with Crippen molar-refractivity contribution >= 4 is 5.78 Å². The first-order valence-corrected chi connectivity index (χ1v) is 7.79. The molecule has 1 aliphatic heterocycles. The van der Waals surface area contributed by atoms with Gasteiger partial charge in [0, 0.05) is 43.2 Å². The van der Waals surface area contributed by atoms with E-state index < -0.39 is 0 Å². The summed E-state index contributed by atoms with van der Waals surface area (Å²) in [5, 5.41) is 0. The van der Waals surface area contributed by atoms with E-state index in [-0.39, 0.29) is 11.7 Å². The molecule has 6 nitrogen and oxygen atoms in total. The van der Waals surface area contributed by atoms with E-state index in [1.54, 1.807) is 31.8 Å². The Morgan fingerprint density at radius 2 is 2.13 bits per heavy atom. The lowest BCUT2D eigenvalue weighted by Crippen LogP contribution is -2.38. The van der Waals surface area contributed by atoms with Gasteiger partial charge >= 0.3 is 6.01 Å². The maximum atomic E-state index is 12.6. The first-order chi connectivity index (χ1) is 11.3. The van der Waals surface area contributed by atoms with Crippen molar-refractivity contribution in [3.8, 4) is 6.01 Å². The highest BCUT2D eigenvalue weighted by molar-refractivity contribution is 5.96. The molecule has 1 saturated heterocycles. The number of carbonyl (C=O) groups excluding carboxylic acids is 1. The second kappa shape index (κ2) is 7.28. The molecule has 0 aliphatic carbocycles. The number of rotatable bonds is 5. The number of pyridine rings is 1. The fraction of sp³-hybridized carbons (Fsp3) is 0.412. The molecule has 1 unspecified atom stereocenters. The van der Waals surface area contributed by atoms with Gasteiger partial charge in [-0.05, 0) is 31.5 Å². The van der Waals surface area contributed by atoms with Gasteiger partial charge in [-0.2, -0.15) is 0 Å². The van der Waals surface area contributed by atoms with Crippen molar-refractivity contribution < 1.29 is 9.53 Å². The first-order valence-electron chi connectivity index (χ1n) is 7.79. The Labute approximate surface area is 135 Å². The molecular weight excluding hydrogens is 292 g/mol. The highest BCUT2D eigenvalue weighted by atomic mass is 16.5. The Hall–Kier alpha value is -2.34. The van der Waals surface area contributed by atoms with E-state index in [1.165, 1.54) is 0 Å². The van der Waals surface area contributed by atoms with Crippen molar-refractivity contribution in [3.05, 3.63) is 48.0 Å². The third kappa shape index (κ3) is 3.90. The fourth-order valence-corrected chi connectivity index (χ4v) is 2.92. The lowest BCUT2D eigenvalue weighted by Gasteiger charge is -2.31. The summed E-state index contributed by atoms with van der Waals surface area (Å²) in [6, 6.07) is 5.84. The highest BCUT2D eigenvalue weighted by Crippen LogP contribution is 2.21. The minimum absolute atomic E-state index is 0.0119. The number of Topliss-reactive ketones (excluding diaryl/α,β-unsaturated/α-hetero) is 1. The Balaban J connectivity index is 1.62. The molecule has 0 saturated carbocycles. The number of carbonyl (C=O) groups is 1. The van der Waals surface area contributed by atoms with Crippen molar-refractivity contribution in [2.45, 2.75) is 19.4 Å². The smallest absolute Gasteiger partial charge is 0.316 e. The fourth-order valence-electron chi connectivity index (χ4n) is 2.92. The molecule has 0 N–H and O–H groups in total. The van der Waals surface area contributed by atoms with E-state index in [1.807, 2.05) is 12.1 Å². The van der Waals surface area contributed by atoms with Crippen molar-refractivity contribution in [2.75, 3.05) is 20.2 Å². The van der Waals surface area contributed by atoms with Gasteiger partial charge in [0.2, 0.25) is 0 Å². The largest absolute Gasteiger partial charge is 0.467 e. The monoisotopic (exact) mass is 312 g/mol. The van der Waals surface area contributed by atoms with Gasteiger partial charge in [-0.1, -0.05) is 6.07 Å². The molecule has 2 aromatic rings. The Kier molecular flexibility index (Phi) is 4.92. The average Bonchev–Trinajstić information content (AvgIpc) is 2.63. The molecule has 1 fully saturated rings. The molecule has 2 aromatic heterocycles. The predicted molar refractivity (Wildman–Crippen MR) is 85.2 cm³/mol. The van der Waals surface area contributed by atoms with Crippen molar-refractivity contribution in [3.63, 3.8) is 0 Å². The quantitative estimate of drug-likeness (QED) is 0.786. The van der Waals surface area contributed by atoms with Crippen LogP contribution >= 0.6 is 0 Å². The van der Waals surface area contributed by atoms with Crippen LogP contribution < -0.4 is 4.74 Å². The number of likely N-dealkylation sites (tertiary alicyclic amines) is 1. The number of hydrogen-bond donors (Lipinski definition) is 0. The van der Waals surface area contributed by atoms with Crippen LogP contribution in [0.5, 0.6) is 6.01 Å². The lowest BCUT2D eigenvalue weighted by atomic mass is 9.92. The van der Waals surface area contributed by atoms with Crippen LogP contribution in [0.4, 0.5) is 0 Å². The zero-order valence-corrected chi connectivity index (χ0v) is 13.2. The molecule has 1 atom stereocenters. The van der Waals surface area contributed by atoms with E-state index >= 15 is 0 Å². The second-order valence-electron chi connectivity index (χ2n) is 5.73.